The van der Waals surface area contributed by atoms with Crippen molar-refractivity contribution in [2.75, 3.05) is 12.4 Å². The van der Waals surface area contributed by atoms with E-state index in [-0.39, 0.29) is 28.4 Å². The topological polar surface area (TPSA) is 112 Å². The Morgan fingerprint density at radius 3 is 2.73 bits per heavy atom. The summed E-state index contributed by atoms with van der Waals surface area (Å²) in [6.45, 7) is -1.01. The number of pyridine rings is 1. The average molecular weight is 456 g/mol. The van der Waals surface area contributed by atoms with Crippen LogP contribution >= 0.6 is 11.6 Å². The summed E-state index contributed by atoms with van der Waals surface area (Å²) >= 11 is 5.77. The number of halogens is 3. The fourth-order valence-corrected chi connectivity index (χ4v) is 5.44. The lowest BCUT2D eigenvalue weighted by Crippen LogP contribution is -2.55. The van der Waals surface area contributed by atoms with Crippen LogP contribution < -0.4 is 5.73 Å². The second-order valence-electron chi connectivity index (χ2n) is 7.16. The van der Waals surface area contributed by atoms with Gasteiger partial charge in [-0.25, -0.2) is 13.4 Å². The van der Waals surface area contributed by atoms with Crippen molar-refractivity contribution >= 4 is 33.2 Å². The van der Waals surface area contributed by atoms with Crippen LogP contribution in [0.15, 0.2) is 46.4 Å². The van der Waals surface area contributed by atoms with Crippen LogP contribution in [0.3, 0.4) is 0 Å². The maximum Gasteiger partial charge on any atom is 0.310 e. The zero-order valence-electron chi connectivity index (χ0n) is 15.4. The third-order valence-electron chi connectivity index (χ3n) is 5.24. The number of benzene rings is 1. The van der Waals surface area contributed by atoms with E-state index in [4.69, 9.17) is 22.1 Å². The number of nitrogens with two attached hydrogens (primary N) is 1. The minimum absolute atomic E-state index is 0.151. The summed E-state index contributed by atoms with van der Waals surface area (Å²) in [7, 11) is -3.78. The number of sulfone groups is 1. The Balaban J connectivity index is 1.81. The van der Waals surface area contributed by atoms with Crippen molar-refractivity contribution in [3.05, 3.63) is 58.4 Å². The molecule has 2 N–H and O–H groups in total. The van der Waals surface area contributed by atoms with Gasteiger partial charge in [-0.15, -0.1) is 0 Å². The van der Waals surface area contributed by atoms with Crippen LogP contribution in [0, 0.1) is 0 Å². The van der Waals surface area contributed by atoms with Gasteiger partial charge in [-0.3, -0.25) is 9.78 Å². The number of aromatic nitrogens is 1. The standard InChI is InChI=1S/C19H16ClF2N3O4S/c20-12-2-3-14(24-9-12)15(26)8-11-1-4-16-13(7-11)18(5-6-30(16,27)28)19(21,22)10-29-17(23)25-18/h1-4,7,9H,5-6,8,10H2,(H2,23,25)/t18-/m1/s1. The van der Waals surface area contributed by atoms with Crippen molar-refractivity contribution in [3.8, 4) is 0 Å². The van der Waals surface area contributed by atoms with Gasteiger partial charge in [0, 0.05) is 18.2 Å². The Kier molecular flexibility index (Phi) is 4.81. The van der Waals surface area contributed by atoms with Crippen molar-refractivity contribution in [2.45, 2.75) is 29.2 Å². The lowest BCUT2D eigenvalue weighted by molar-refractivity contribution is -0.125. The normalized spacial score (nSPS) is 23.9. The molecule has 4 rings (SSSR count). The molecule has 0 saturated heterocycles. The van der Waals surface area contributed by atoms with E-state index < -0.39 is 46.1 Å². The Morgan fingerprint density at radius 1 is 1.27 bits per heavy atom. The summed E-state index contributed by atoms with van der Waals surface area (Å²) in [6.07, 6.45) is 0.706. The number of Topliss-reactive ketones (excluding diaryl/α,β-unsaturated/α-hetero) is 1. The van der Waals surface area contributed by atoms with Crippen molar-refractivity contribution in [1.82, 2.24) is 4.98 Å². The van der Waals surface area contributed by atoms with Crippen LogP contribution in [-0.2, 0) is 26.5 Å². The minimum Gasteiger partial charge on any atom is -0.459 e. The molecule has 11 heteroatoms. The van der Waals surface area contributed by atoms with Gasteiger partial charge in [-0.2, -0.15) is 8.78 Å². The van der Waals surface area contributed by atoms with E-state index in [2.05, 4.69) is 9.98 Å². The molecule has 1 atom stereocenters. The zero-order chi connectivity index (χ0) is 21.7. The van der Waals surface area contributed by atoms with Crippen LogP contribution in [0.2, 0.25) is 5.02 Å². The summed E-state index contributed by atoms with van der Waals surface area (Å²) in [5.41, 5.74) is 3.71. The Bertz CT molecular complexity index is 1170. The maximum atomic E-state index is 15.0. The van der Waals surface area contributed by atoms with Gasteiger partial charge in [-0.1, -0.05) is 23.7 Å². The monoisotopic (exact) mass is 455 g/mol. The smallest absolute Gasteiger partial charge is 0.310 e. The van der Waals surface area contributed by atoms with Crippen molar-refractivity contribution in [3.63, 3.8) is 0 Å². The van der Waals surface area contributed by atoms with E-state index in [1.807, 2.05) is 0 Å². The first-order chi connectivity index (χ1) is 14.0. The fourth-order valence-electron chi connectivity index (χ4n) is 3.71. The van der Waals surface area contributed by atoms with E-state index in [1.165, 1.54) is 36.5 Å². The number of amidine groups is 1. The molecule has 0 aliphatic carbocycles. The number of aliphatic imine (C=N–C) groups is 1. The molecule has 2 aromatic rings. The SMILES string of the molecule is NC1=N[C@@]2(CCS(=O)(=O)c3ccc(CC(=O)c4ccc(Cl)cn4)cc32)C(F)(F)CO1. The van der Waals surface area contributed by atoms with E-state index in [0.29, 0.717) is 10.6 Å². The predicted octanol–water partition coefficient (Wildman–Crippen LogP) is 2.51. The molecule has 1 spiro atoms. The summed E-state index contributed by atoms with van der Waals surface area (Å²) in [5, 5.41) is 0.365. The number of hydrogen-bond acceptors (Lipinski definition) is 7. The number of fused-ring (bicyclic) bond motifs is 2. The van der Waals surface area contributed by atoms with Crippen LogP contribution in [0.1, 0.15) is 28.0 Å². The number of carbonyl (C=O) groups excluding carboxylic acids is 1. The molecule has 0 fully saturated rings. The second kappa shape index (κ2) is 6.98. The zero-order valence-corrected chi connectivity index (χ0v) is 17.0. The highest BCUT2D eigenvalue weighted by Crippen LogP contribution is 2.51. The fraction of sp³-hybridized carbons (Fsp3) is 0.316. The van der Waals surface area contributed by atoms with Gasteiger partial charge >= 0.3 is 5.92 Å². The molecule has 3 heterocycles. The van der Waals surface area contributed by atoms with Crippen LogP contribution in [0.4, 0.5) is 8.78 Å². The predicted molar refractivity (Wildman–Crippen MR) is 105 cm³/mol. The number of hydrogen-bond donors (Lipinski definition) is 1. The summed E-state index contributed by atoms with van der Waals surface area (Å²) < 4.78 is 59.7. The molecule has 0 unspecified atom stereocenters. The highest BCUT2D eigenvalue weighted by atomic mass is 35.5. The Labute approximate surface area is 175 Å². The number of alkyl halides is 2. The summed E-state index contributed by atoms with van der Waals surface area (Å²) in [5.74, 6) is -4.36. The van der Waals surface area contributed by atoms with Crippen LogP contribution in [-0.4, -0.2) is 43.5 Å². The van der Waals surface area contributed by atoms with Gasteiger partial charge in [0.1, 0.15) is 5.69 Å². The maximum absolute atomic E-state index is 15.0. The number of carbonyl (C=O) groups is 1. The third kappa shape index (κ3) is 3.33. The van der Waals surface area contributed by atoms with Crippen molar-refractivity contribution in [2.24, 2.45) is 10.7 Å². The molecule has 1 aromatic heterocycles. The van der Waals surface area contributed by atoms with Crippen molar-refractivity contribution < 1.29 is 26.7 Å². The van der Waals surface area contributed by atoms with Crippen LogP contribution in [0.5, 0.6) is 0 Å². The molecule has 7 nitrogen and oxygen atoms in total. The number of ether oxygens (including phenoxy) is 1. The lowest BCUT2D eigenvalue weighted by Gasteiger charge is -2.43. The van der Waals surface area contributed by atoms with Gasteiger partial charge < -0.3 is 10.5 Å². The second-order valence-corrected chi connectivity index (χ2v) is 9.68. The molecule has 0 saturated carbocycles. The Hall–Kier alpha value is -2.59. The van der Waals surface area contributed by atoms with Gasteiger partial charge in [0.15, 0.2) is 27.8 Å². The lowest BCUT2D eigenvalue weighted by atomic mass is 9.80. The first-order valence-corrected chi connectivity index (χ1v) is 10.9. The first-order valence-electron chi connectivity index (χ1n) is 8.91. The molecular formula is C19H16ClF2N3O4S. The highest BCUT2D eigenvalue weighted by Gasteiger charge is 2.61. The van der Waals surface area contributed by atoms with E-state index in [0.717, 1.165) is 0 Å². The molecule has 1 aromatic carbocycles. The molecule has 30 heavy (non-hydrogen) atoms. The Morgan fingerprint density at radius 2 is 2.03 bits per heavy atom. The molecule has 0 amide bonds. The number of rotatable bonds is 3. The summed E-state index contributed by atoms with van der Waals surface area (Å²) in [6, 6.07) is 6.48. The molecular weight excluding hydrogens is 440 g/mol. The molecule has 0 radical (unpaired) electrons. The van der Waals surface area contributed by atoms with Gasteiger partial charge in [0.2, 0.25) is 0 Å². The van der Waals surface area contributed by atoms with E-state index >= 15 is 0 Å². The quantitative estimate of drug-likeness (QED) is 0.712. The van der Waals surface area contributed by atoms with Crippen molar-refractivity contribution in [1.29, 1.82) is 0 Å². The highest BCUT2D eigenvalue weighted by molar-refractivity contribution is 7.91. The first kappa shape index (κ1) is 20.7. The van der Waals surface area contributed by atoms with Gasteiger partial charge in [-0.05, 0) is 30.2 Å². The number of ketones is 1. The molecule has 0 bridgehead atoms. The number of nitrogens with zero attached hydrogens (tertiary/aromatic N) is 2. The van der Waals surface area contributed by atoms with Gasteiger partial charge in [0.05, 0.1) is 15.7 Å². The average Bonchev–Trinajstić information content (AvgIpc) is 2.68. The minimum atomic E-state index is -3.78. The van der Waals surface area contributed by atoms with Crippen LogP contribution in [0.25, 0.3) is 0 Å². The largest absolute Gasteiger partial charge is 0.459 e. The molecule has 158 valence electrons. The van der Waals surface area contributed by atoms with E-state index in [9.17, 15) is 22.0 Å². The molecule has 2 aliphatic rings. The molecule has 2 aliphatic heterocycles. The van der Waals surface area contributed by atoms with Gasteiger partial charge in [0.25, 0.3) is 6.02 Å². The third-order valence-corrected chi connectivity index (χ3v) is 7.23. The summed E-state index contributed by atoms with van der Waals surface area (Å²) in [4.78, 5) is 20.1. The van der Waals surface area contributed by atoms with E-state index in [1.54, 1.807) is 0 Å².